The smallest absolute Gasteiger partial charge is 0.274 e. The molecule has 1 aromatic heterocycles. The number of β-amino-alcohol motifs (C(OH)–C–C–N with tert-alkyl or cyclic N) is 1. The number of aromatic nitrogens is 2. The number of aliphatic hydroxyl groups excluding tert-OH is 1. The van der Waals surface area contributed by atoms with Crippen LogP contribution >= 0.6 is 0 Å². The topological polar surface area (TPSA) is 58.4 Å². The van der Waals surface area contributed by atoms with Crippen LogP contribution in [0.25, 0.3) is 5.69 Å². The second-order valence-electron chi connectivity index (χ2n) is 4.46. The molecule has 3 rings (SSSR count). The second-order valence-corrected chi connectivity index (χ2v) is 4.46. The Bertz CT molecular complexity index is 620. The molecule has 98 valence electrons. The van der Waals surface area contributed by atoms with Crippen molar-refractivity contribution in [3.8, 4) is 5.69 Å². The van der Waals surface area contributed by atoms with Gasteiger partial charge in [-0.15, -0.1) is 0 Å². The van der Waals surface area contributed by atoms with Gasteiger partial charge in [-0.2, -0.15) is 5.10 Å². The van der Waals surface area contributed by atoms with Gasteiger partial charge in [0, 0.05) is 19.3 Å². The molecule has 0 unspecified atom stereocenters. The lowest BCUT2D eigenvalue weighted by Crippen LogP contribution is -2.53. The van der Waals surface area contributed by atoms with E-state index >= 15 is 0 Å². The Labute approximate surface area is 108 Å². The zero-order valence-corrected chi connectivity index (χ0v) is 10.0. The summed E-state index contributed by atoms with van der Waals surface area (Å²) < 4.78 is 14.9. The lowest BCUT2D eigenvalue weighted by atomic mass is 10.1. The Kier molecular flexibility index (Phi) is 2.79. The predicted octanol–water partition coefficient (Wildman–Crippen LogP) is 0.828. The molecule has 2 heterocycles. The van der Waals surface area contributed by atoms with Gasteiger partial charge in [0.25, 0.3) is 5.91 Å². The second kappa shape index (κ2) is 4.47. The molecule has 2 aromatic rings. The summed E-state index contributed by atoms with van der Waals surface area (Å²) in [4.78, 5) is 13.4. The molecule has 0 spiro atoms. The van der Waals surface area contributed by atoms with E-state index in [1.807, 2.05) is 0 Å². The number of amides is 1. The molecule has 1 aromatic carbocycles. The van der Waals surface area contributed by atoms with Crippen LogP contribution in [0.15, 0.2) is 36.5 Å². The maximum atomic E-state index is 13.6. The van der Waals surface area contributed by atoms with Crippen LogP contribution in [0, 0.1) is 5.82 Å². The fraction of sp³-hybridized carbons (Fsp3) is 0.231. The number of benzene rings is 1. The number of hydrogen-bond donors (Lipinski definition) is 1. The normalized spacial score (nSPS) is 15.4. The molecule has 1 amide bonds. The first-order chi connectivity index (χ1) is 9.15. The summed E-state index contributed by atoms with van der Waals surface area (Å²) in [5.74, 6) is -0.649. The standard InChI is InChI=1S/C13H12FN3O2/c14-10-3-1-2-4-12(10)17-6-5-11(15-17)13(19)16-7-9(18)8-16/h1-6,9,18H,7-8H2. The molecule has 1 aliphatic rings. The fourth-order valence-corrected chi connectivity index (χ4v) is 1.99. The quantitative estimate of drug-likeness (QED) is 0.871. The van der Waals surface area contributed by atoms with Crippen molar-refractivity contribution in [3.63, 3.8) is 0 Å². The van der Waals surface area contributed by atoms with Crippen LogP contribution in [-0.4, -0.2) is 44.9 Å². The first-order valence-corrected chi connectivity index (χ1v) is 5.93. The van der Waals surface area contributed by atoms with Gasteiger partial charge in [0.2, 0.25) is 0 Å². The van der Waals surface area contributed by atoms with E-state index < -0.39 is 11.9 Å². The van der Waals surface area contributed by atoms with Crippen LogP contribution in [0.5, 0.6) is 0 Å². The third-order valence-electron chi connectivity index (χ3n) is 3.06. The minimum absolute atomic E-state index is 0.246. The Morgan fingerprint density at radius 2 is 2.05 bits per heavy atom. The summed E-state index contributed by atoms with van der Waals surface area (Å²) in [6.07, 6.45) is 1.10. The fourth-order valence-electron chi connectivity index (χ4n) is 1.99. The molecule has 1 aliphatic heterocycles. The van der Waals surface area contributed by atoms with Crippen molar-refractivity contribution < 1.29 is 14.3 Å². The number of aliphatic hydroxyl groups is 1. The molecule has 0 bridgehead atoms. The zero-order chi connectivity index (χ0) is 13.4. The lowest BCUT2D eigenvalue weighted by molar-refractivity contribution is 0.00547. The summed E-state index contributed by atoms with van der Waals surface area (Å²) in [5, 5.41) is 13.2. The monoisotopic (exact) mass is 261 g/mol. The van der Waals surface area contributed by atoms with Crippen molar-refractivity contribution in [1.29, 1.82) is 0 Å². The van der Waals surface area contributed by atoms with Crippen molar-refractivity contribution in [3.05, 3.63) is 48.0 Å². The summed E-state index contributed by atoms with van der Waals surface area (Å²) in [6.45, 7) is 0.650. The van der Waals surface area contributed by atoms with Gasteiger partial charge < -0.3 is 10.0 Å². The highest BCUT2D eigenvalue weighted by Crippen LogP contribution is 2.15. The molecule has 1 N–H and O–H groups in total. The number of hydrogen-bond acceptors (Lipinski definition) is 3. The predicted molar refractivity (Wildman–Crippen MR) is 65.4 cm³/mol. The van der Waals surface area contributed by atoms with E-state index in [1.54, 1.807) is 30.5 Å². The van der Waals surface area contributed by atoms with Crippen LogP contribution in [0.2, 0.25) is 0 Å². The molecule has 0 atom stereocenters. The number of rotatable bonds is 2. The van der Waals surface area contributed by atoms with E-state index in [0.29, 0.717) is 18.8 Å². The molecule has 1 saturated heterocycles. The molecule has 0 aliphatic carbocycles. The van der Waals surface area contributed by atoms with E-state index in [4.69, 9.17) is 5.11 Å². The maximum absolute atomic E-state index is 13.6. The van der Waals surface area contributed by atoms with Crippen molar-refractivity contribution in [2.45, 2.75) is 6.10 Å². The Hall–Kier alpha value is -2.21. The van der Waals surface area contributed by atoms with E-state index in [-0.39, 0.29) is 11.6 Å². The van der Waals surface area contributed by atoms with Crippen molar-refractivity contribution in [2.24, 2.45) is 0 Å². The Morgan fingerprint density at radius 1 is 1.32 bits per heavy atom. The van der Waals surface area contributed by atoms with Gasteiger partial charge in [0.1, 0.15) is 11.5 Å². The van der Waals surface area contributed by atoms with Gasteiger partial charge >= 0.3 is 0 Å². The van der Waals surface area contributed by atoms with Crippen LogP contribution in [0.3, 0.4) is 0 Å². The highest BCUT2D eigenvalue weighted by Gasteiger charge is 2.30. The van der Waals surface area contributed by atoms with Crippen LogP contribution < -0.4 is 0 Å². The Morgan fingerprint density at radius 3 is 2.74 bits per heavy atom. The first-order valence-electron chi connectivity index (χ1n) is 5.93. The SMILES string of the molecule is O=C(c1ccn(-c2ccccc2F)n1)N1CC(O)C1. The maximum Gasteiger partial charge on any atom is 0.274 e. The van der Waals surface area contributed by atoms with E-state index in [0.717, 1.165) is 0 Å². The molecule has 0 radical (unpaired) electrons. The van der Waals surface area contributed by atoms with E-state index in [2.05, 4.69) is 5.10 Å². The van der Waals surface area contributed by atoms with Crippen molar-refractivity contribution in [1.82, 2.24) is 14.7 Å². The summed E-state index contributed by atoms with van der Waals surface area (Å²) in [7, 11) is 0. The highest BCUT2D eigenvalue weighted by molar-refractivity contribution is 5.92. The van der Waals surface area contributed by atoms with Crippen LogP contribution in [-0.2, 0) is 0 Å². The summed E-state index contributed by atoms with van der Waals surface area (Å²) in [5.41, 5.74) is 0.542. The van der Waals surface area contributed by atoms with Crippen molar-refractivity contribution >= 4 is 5.91 Å². The molecule has 0 saturated carbocycles. The third-order valence-corrected chi connectivity index (χ3v) is 3.06. The minimum atomic E-state index is -0.447. The zero-order valence-electron chi connectivity index (χ0n) is 10.0. The molecular formula is C13H12FN3O2. The van der Waals surface area contributed by atoms with E-state index in [9.17, 15) is 9.18 Å². The lowest BCUT2D eigenvalue weighted by Gasteiger charge is -2.35. The van der Waals surface area contributed by atoms with Gasteiger partial charge in [-0.3, -0.25) is 4.79 Å². The summed E-state index contributed by atoms with van der Waals surface area (Å²) >= 11 is 0. The molecule has 5 nitrogen and oxygen atoms in total. The van der Waals surface area contributed by atoms with Crippen LogP contribution in [0.1, 0.15) is 10.5 Å². The molecular weight excluding hydrogens is 249 g/mol. The average Bonchev–Trinajstić information content (AvgIpc) is 2.84. The largest absolute Gasteiger partial charge is 0.389 e. The number of nitrogens with zero attached hydrogens (tertiary/aromatic N) is 3. The number of likely N-dealkylation sites (tertiary alicyclic amines) is 1. The van der Waals surface area contributed by atoms with Crippen LogP contribution in [0.4, 0.5) is 4.39 Å². The number of carbonyl (C=O) groups is 1. The van der Waals surface area contributed by atoms with Gasteiger partial charge in [0.15, 0.2) is 5.69 Å². The van der Waals surface area contributed by atoms with Gasteiger partial charge in [-0.25, -0.2) is 9.07 Å². The van der Waals surface area contributed by atoms with Gasteiger partial charge in [-0.1, -0.05) is 12.1 Å². The van der Waals surface area contributed by atoms with E-state index in [1.165, 1.54) is 15.6 Å². The summed E-state index contributed by atoms with van der Waals surface area (Å²) in [6, 6.07) is 7.76. The molecule has 6 heteroatoms. The average molecular weight is 261 g/mol. The number of carbonyl (C=O) groups excluding carboxylic acids is 1. The number of halogens is 1. The van der Waals surface area contributed by atoms with Crippen molar-refractivity contribution in [2.75, 3.05) is 13.1 Å². The minimum Gasteiger partial charge on any atom is -0.389 e. The number of para-hydroxylation sites is 1. The Balaban J connectivity index is 1.84. The molecule has 19 heavy (non-hydrogen) atoms. The highest BCUT2D eigenvalue weighted by atomic mass is 19.1. The van der Waals surface area contributed by atoms with Gasteiger partial charge in [-0.05, 0) is 18.2 Å². The van der Waals surface area contributed by atoms with Gasteiger partial charge in [0.05, 0.1) is 6.10 Å². The first kappa shape index (κ1) is 11.9. The molecule has 1 fully saturated rings. The third kappa shape index (κ3) is 2.10.